The van der Waals surface area contributed by atoms with E-state index in [0.717, 1.165) is 18.8 Å². The second-order valence-corrected chi connectivity index (χ2v) is 8.10. The van der Waals surface area contributed by atoms with Gasteiger partial charge in [0, 0.05) is 37.3 Å². The number of halogens is 1. The van der Waals surface area contributed by atoms with E-state index >= 15 is 0 Å². The third-order valence-corrected chi connectivity index (χ3v) is 6.19. The van der Waals surface area contributed by atoms with E-state index < -0.39 is 0 Å². The highest BCUT2D eigenvalue weighted by Crippen LogP contribution is 2.39. The van der Waals surface area contributed by atoms with Crippen molar-refractivity contribution in [3.8, 4) is 5.75 Å². The summed E-state index contributed by atoms with van der Waals surface area (Å²) in [6, 6.07) is 6.55. The summed E-state index contributed by atoms with van der Waals surface area (Å²) in [4.78, 5) is 12.0. The number of likely N-dealkylation sites (N-methyl/N-ethyl adjacent to an activating group) is 1. The first-order valence-electron chi connectivity index (χ1n) is 8.77. The molecule has 0 spiro atoms. The van der Waals surface area contributed by atoms with Crippen molar-refractivity contribution in [2.75, 3.05) is 32.1 Å². The topological polar surface area (TPSA) is 41.5 Å². The van der Waals surface area contributed by atoms with Crippen molar-refractivity contribution in [3.05, 3.63) is 40.7 Å². The largest absolute Gasteiger partial charge is 0.497 e. The van der Waals surface area contributed by atoms with Crippen molar-refractivity contribution >= 4 is 29.5 Å². The average molecular weight is 393 g/mol. The predicted molar refractivity (Wildman–Crippen MR) is 108 cm³/mol. The quantitative estimate of drug-likeness (QED) is 0.491. The van der Waals surface area contributed by atoms with Gasteiger partial charge in [-0.15, -0.1) is 0 Å². The van der Waals surface area contributed by atoms with Crippen LogP contribution in [0.15, 0.2) is 29.3 Å². The predicted octanol–water partition coefficient (Wildman–Crippen LogP) is 4.36. The third-order valence-electron chi connectivity index (χ3n) is 4.44. The fourth-order valence-corrected chi connectivity index (χ4v) is 4.12. The van der Waals surface area contributed by atoms with Crippen LogP contribution in [0.2, 0.25) is 5.15 Å². The van der Waals surface area contributed by atoms with Gasteiger partial charge in [0.25, 0.3) is 0 Å². The molecule has 0 amide bonds. The smallest absolute Gasteiger partial charge is 0.226 e. The molecule has 26 heavy (non-hydrogen) atoms. The van der Waals surface area contributed by atoms with Gasteiger partial charge in [0.15, 0.2) is 0 Å². The van der Waals surface area contributed by atoms with E-state index in [1.54, 1.807) is 19.4 Å². The number of anilines is 1. The van der Waals surface area contributed by atoms with Crippen LogP contribution in [0.25, 0.3) is 0 Å². The molecule has 0 saturated heterocycles. The molecule has 0 unspecified atom stereocenters. The van der Waals surface area contributed by atoms with Crippen LogP contribution in [0.5, 0.6) is 5.75 Å². The Bertz CT molecular complexity index is 746. The van der Waals surface area contributed by atoms with E-state index in [1.807, 2.05) is 19.0 Å². The number of aryl methyl sites for hydroxylation is 2. The maximum atomic E-state index is 5.98. The van der Waals surface area contributed by atoms with Gasteiger partial charge in [-0.1, -0.05) is 11.6 Å². The summed E-state index contributed by atoms with van der Waals surface area (Å²) in [5, 5.41) is 0.472. The van der Waals surface area contributed by atoms with Crippen molar-refractivity contribution in [1.29, 1.82) is 0 Å². The molecule has 0 radical (unpaired) electrons. The first-order valence-corrected chi connectivity index (χ1v) is 9.92. The first kappa shape index (κ1) is 19.3. The van der Waals surface area contributed by atoms with Crippen LogP contribution in [-0.2, 0) is 0 Å². The Morgan fingerprint density at radius 2 is 1.92 bits per heavy atom. The number of benzene rings is 1. The van der Waals surface area contributed by atoms with Crippen LogP contribution >= 0.6 is 23.5 Å². The van der Waals surface area contributed by atoms with E-state index in [-0.39, 0.29) is 0 Å². The Balaban J connectivity index is 1.67. The number of ether oxygens (including phenoxy) is 1. The lowest BCUT2D eigenvalue weighted by Gasteiger charge is -2.26. The zero-order chi connectivity index (χ0) is 18.7. The molecule has 5 nitrogen and oxygen atoms in total. The van der Waals surface area contributed by atoms with Gasteiger partial charge >= 0.3 is 0 Å². The number of rotatable bonds is 8. The Morgan fingerprint density at radius 1 is 1.23 bits per heavy atom. The molecule has 140 valence electrons. The molecule has 0 bridgehead atoms. The second-order valence-electron chi connectivity index (χ2n) is 6.65. The fourth-order valence-electron chi connectivity index (χ4n) is 2.81. The fraction of sp³-hybridized carbons (Fsp3) is 0.474. The van der Waals surface area contributed by atoms with E-state index in [4.69, 9.17) is 16.3 Å². The zero-order valence-electron chi connectivity index (χ0n) is 15.7. The second kappa shape index (κ2) is 8.46. The maximum absolute atomic E-state index is 5.98. The SMILES string of the molecule is COc1cc(C)c(SN(CCN(C)c2nccc(Cl)n2)C2CC2)c(C)c1. The lowest BCUT2D eigenvalue weighted by atomic mass is 10.1. The van der Waals surface area contributed by atoms with Gasteiger partial charge in [-0.3, -0.25) is 0 Å². The van der Waals surface area contributed by atoms with Crippen molar-refractivity contribution in [2.45, 2.75) is 37.6 Å². The van der Waals surface area contributed by atoms with Crippen LogP contribution in [0.3, 0.4) is 0 Å². The Labute approximate surface area is 164 Å². The molecule has 2 aromatic rings. The molecule has 1 saturated carbocycles. The molecule has 1 aliphatic carbocycles. The minimum absolute atomic E-state index is 0.472. The Hall–Kier alpha value is -1.50. The molecular formula is C19H25ClN4OS. The molecule has 0 N–H and O–H groups in total. The normalized spacial score (nSPS) is 13.9. The minimum atomic E-state index is 0.472. The van der Waals surface area contributed by atoms with Crippen LogP contribution in [0, 0.1) is 13.8 Å². The van der Waals surface area contributed by atoms with Crippen molar-refractivity contribution < 1.29 is 4.74 Å². The number of hydrogen-bond donors (Lipinski definition) is 0. The van der Waals surface area contributed by atoms with Gasteiger partial charge < -0.3 is 9.64 Å². The van der Waals surface area contributed by atoms with E-state index in [0.29, 0.717) is 17.1 Å². The molecule has 1 aromatic heterocycles. The average Bonchev–Trinajstić information content (AvgIpc) is 3.45. The summed E-state index contributed by atoms with van der Waals surface area (Å²) in [5.41, 5.74) is 2.51. The molecule has 0 aliphatic heterocycles. The highest BCUT2D eigenvalue weighted by atomic mass is 35.5. The highest BCUT2D eigenvalue weighted by Gasteiger charge is 2.30. The number of hydrogen-bond acceptors (Lipinski definition) is 6. The standard InChI is InChI=1S/C19H25ClN4OS/c1-13-11-16(25-4)12-14(2)18(13)26-24(15-5-6-15)10-9-23(3)19-21-8-7-17(20)22-19/h7-8,11-12,15H,5-6,9-10H2,1-4H3. The molecule has 0 atom stereocenters. The Morgan fingerprint density at radius 3 is 2.50 bits per heavy atom. The first-order chi connectivity index (χ1) is 12.5. The summed E-state index contributed by atoms with van der Waals surface area (Å²) in [7, 11) is 3.72. The van der Waals surface area contributed by atoms with E-state index in [1.165, 1.54) is 28.9 Å². The van der Waals surface area contributed by atoms with Crippen LogP contribution in [0.1, 0.15) is 24.0 Å². The van der Waals surface area contributed by atoms with Crippen LogP contribution < -0.4 is 9.64 Å². The van der Waals surface area contributed by atoms with Crippen LogP contribution in [0.4, 0.5) is 5.95 Å². The Kier molecular flexibility index (Phi) is 6.27. The number of nitrogens with zero attached hydrogens (tertiary/aromatic N) is 4. The van der Waals surface area contributed by atoms with Crippen molar-refractivity contribution in [1.82, 2.24) is 14.3 Å². The third kappa shape index (κ3) is 4.81. The summed E-state index contributed by atoms with van der Waals surface area (Å²) >= 11 is 7.83. The van der Waals surface area contributed by atoms with Gasteiger partial charge in [0.05, 0.1) is 7.11 Å². The monoisotopic (exact) mass is 392 g/mol. The summed E-state index contributed by atoms with van der Waals surface area (Å²) in [6.07, 6.45) is 4.22. The van der Waals surface area contributed by atoms with Crippen LogP contribution in [-0.4, -0.2) is 47.6 Å². The van der Waals surface area contributed by atoms with Crippen molar-refractivity contribution in [2.24, 2.45) is 0 Å². The number of methoxy groups -OCH3 is 1. The van der Waals surface area contributed by atoms with Gasteiger partial charge in [-0.05, 0) is 68.0 Å². The van der Waals surface area contributed by atoms with Gasteiger partial charge in [0.1, 0.15) is 10.9 Å². The lowest BCUT2D eigenvalue weighted by molar-refractivity contribution is 0.413. The molecule has 1 fully saturated rings. The molecular weight excluding hydrogens is 368 g/mol. The zero-order valence-corrected chi connectivity index (χ0v) is 17.3. The maximum Gasteiger partial charge on any atom is 0.226 e. The highest BCUT2D eigenvalue weighted by molar-refractivity contribution is 7.97. The van der Waals surface area contributed by atoms with Gasteiger partial charge in [-0.25, -0.2) is 14.3 Å². The summed E-state index contributed by atoms with van der Waals surface area (Å²) < 4.78 is 7.87. The van der Waals surface area contributed by atoms with Gasteiger partial charge in [-0.2, -0.15) is 0 Å². The molecule has 3 rings (SSSR count). The minimum Gasteiger partial charge on any atom is -0.497 e. The summed E-state index contributed by atoms with van der Waals surface area (Å²) in [6.45, 7) is 6.08. The molecule has 7 heteroatoms. The molecule has 1 aliphatic rings. The summed E-state index contributed by atoms with van der Waals surface area (Å²) in [5.74, 6) is 1.58. The molecule has 1 heterocycles. The van der Waals surface area contributed by atoms with Crippen molar-refractivity contribution in [3.63, 3.8) is 0 Å². The van der Waals surface area contributed by atoms with E-state index in [9.17, 15) is 0 Å². The number of aromatic nitrogens is 2. The van der Waals surface area contributed by atoms with Gasteiger partial charge in [0.2, 0.25) is 5.95 Å². The molecule has 1 aromatic carbocycles. The van der Waals surface area contributed by atoms with E-state index in [2.05, 4.69) is 45.2 Å². The lowest BCUT2D eigenvalue weighted by Crippen LogP contribution is -2.31.